The van der Waals surface area contributed by atoms with Gasteiger partial charge in [-0.1, -0.05) is 92.8 Å². The number of hydrogen-bond acceptors (Lipinski definition) is 3. The summed E-state index contributed by atoms with van der Waals surface area (Å²) in [6.45, 7) is 7.11. The predicted molar refractivity (Wildman–Crippen MR) is 187 cm³/mol. The predicted octanol–water partition coefficient (Wildman–Crippen LogP) is 8.70. The van der Waals surface area contributed by atoms with Crippen LogP contribution in [-0.2, 0) is 5.41 Å². The minimum Gasteiger partial charge on any atom is -0.310 e. The Morgan fingerprint density at radius 2 is 1.07 bits per heavy atom. The zero-order valence-electron chi connectivity index (χ0n) is 25.4. The number of benzene rings is 4. The number of hydrogen-bond donors (Lipinski definition) is 0. The largest absolute Gasteiger partial charge is 0.310 e. The van der Waals surface area contributed by atoms with E-state index < -0.39 is 8.07 Å². The standard InChI is InChI=1S/C40H35N3Si/c1-40(2)38-28-30(22-27-44(3,34-18-23-41-24-19-34)35-20-25-42-26-21-35)14-16-36(38)37-17-15-33(29-39(37)40)43(31-10-6-4-7-11-31)32-12-8-5-9-13-32/h4-29H,1-3H3/b27-22+. The van der Waals surface area contributed by atoms with Crippen molar-refractivity contribution in [2.75, 3.05) is 4.90 Å². The molecule has 0 unspecified atom stereocenters. The molecule has 0 bridgehead atoms. The molecule has 1 aliphatic carbocycles. The number of pyridine rings is 2. The van der Waals surface area contributed by atoms with Crippen molar-refractivity contribution in [2.24, 2.45) is 0 Å². The lowest BCUT2D eigenvalue weighted by molar-refractivity contribution is 0.660. The Hall–Kier alpha value is -5.06. The van der Waals surface area contributed by atoms with Crippen molar-refractivity contribution in [2.45, 2.75) is 25.8 Å². The molecule has 0 radical (unpaired) electrons. The van der Waals surface area contributed by atoms with Crippen molar-refractivity contribution in [1.29, 1.82) is 0 Å². The van der Waals surface area contributed by atoms with Crippen molar-refractivity contribution >= 4 is 41.6 Å². The lowest BCUT2D eigenvalue weighted by Crippen LogP contribution is -2.54. The molecule has 4 aromatic carbocycles. The van der Waals surface area contributed by atoms with E-state index in [0.29, 0.717) is 0 Å². The van der Waals surface area contributed by atoms with Crippen LogP contribution < -0.4 is 15.3 Å². The summed E-state index contributed by atoms with van der Waals surface area (Å²) in [5.41, 5.74) is 12.4. The third kappa shape index (κ3) is 4.87. The Balaban J connectivity index is 1.27. The van der Waals surface area contributed by atoms with E-state index in [0.717, 1.165) is 11.4 Å². The van der Waals surface area contributed by atoms with Gasteiger partial charge in [0.1, 0.15) is 8.07 Å². The van der Waals surface area contributed by atoms with Gasteiger partial charge >= 0.3 is 0 Å². The third-order valence-electron chi connectivity index (χ3n) is 9.14. The van der Waals surface area contributed by atoms with E-state index in [1.54, 1.807) is 0 Å². The van der Waals surface area contributed by atoms with Crippen LogP contribution in [0.4, 0.5) is 17.1 Å². The topological polar surface area (TPSA) is 29.0 Å². The minimum absolute atomic E-state index is 0.138. The SMILES string of the molecule is CC1(C)c2cc(/C=C/[Si](C)(c3ccncc3)c3ccncc3)ccc2-c2ccc(N(c3ccccc3)c3ccccc3)cc21. The van der Waals surface area contributed by atoms with E-state index in [-0.39, 0.29) is 5.41 Å². The molecule has 6 aromatic rings. The maximum absolute atomic E-state index is 4.28. The monoisotopic (exact) mass is 585 g/mol. The molecular weight excluding hydrogens is 551 g/mol. The Morgan fingerprint density at radius 1 is 0.568 bits per heavy atom. The molecule has 0 saturated heterocycles. The number of fused-ring (bicyclic) bond motifs is 3. The van der Waals surface area contributed by atoms with E-state index in [9.17, 15) is 0 Å². The highest BCUT2D eigenvalue weighted by molar-refractivity contribution is 7.05. The number of anilines is 3. The summed E-state index contributed by atoms with van der Waals surface area (Å²) in [4.78, 5) is 10.9. The average Bonchev–Trinajstić information content (AvgIpc) is 3.31. The van der Waals surface area contributed by atoms with Gasteiger partial charge in [0.15, 0.2) is 0 Å². The lowest BCUT2D eigenvalue weighted by atomic mass is 9.82. The normalized spacial score (nSPS) is 13.4. The number of para-hydroxylation sites is 2. The molecule has 4 heteroatoms. The van der Waals surface area contributed by atoms with Crippen molar-refractivity contribution in [3.63, 3.8) is 0 Å². The number of nitrogens with zero attached hydrogens (tertiary/aromatic N) is 3. The maximum Gasteiger partial charge on any atom is 0.138 e. The molecule has 0 N–H and O–H groups in total. The number of rotatable bonds is 7. The highest BCUT2D eigenvalue weighted by Gasteiger charge is 2.36. The van der Waals surface area contributed by atoms with E-state index in [4.69, 9.17) is 0 Å². The van der Waals surface area contributed by atoms with Gasteiger partial charge in [-0.25, -0.2) is 0 Å². The highest BCUT2D eigenvalue weighted by Crippen LogP contribution is 2.51. The lowest BCUT2D eigenvalue weighted by Gasteiger charge is -2.28. The van der Waals surface area contributed by atoms with Crippen LogP contribution in [0.15, 0.2) is 152 Å². The molecule has 2 heterocycles. The van der Waals surface area contributed by atoms with Crippen LogP contribution >= 0.6 is 0 Å². The van der Waals surface area contributed by atoms with Gasteiger partial charge in [-0.15, -0.1) is 0 Å². The zero-order valence-corrected chi connectivity index (χ0v) is 26.4. The minimum atomic E-state index is -2.16. The van der Waals surface area contributed by atoms with Gasteiger partial charge < -0.3 is 4.90 Å². The molecule has 7 rings (SSSR count). The van der Waals surface area contributed by atoms with Gasteiger partial charge in [-0.2, -0.15) is 0 Å². The molecule has 0 saturated carbocycles. The first-order valence-corrected chi connectivity index (χ1v) is 17.7. The molecule has 0 atom stereocenters. The van der Waals surface area contributed by atoms with Gasteiger partial charge in [0.2, 0.25) is 0 Å². The third-order valence-corrected chi connectivity index (χ3v) is 13.0. The van der Waals surface area contributed by atoms with Crippen LogP contribution in [-0.4, -0.2) is 18.0 Å². The second-order valence-electron chi connectivity index (χ2n) is 12.2. The van der Waals surface area contributed by atoms with Crippen LogP contribution in [0, 0.1) is 0 Å². The van der Waals surface area contributed by atoms with E-state index in [1.807, 2.05) is 24.8 Å². The Kier molecular flexibility index (Phi) is 7.07. The second kappa shape index (κ2) is 11.2. The fourth-order valence-corrected chi connectivity index (χ4v) is 9.53. The molecule has 0 amide bonds. The van der Waals surface area contributed by atoms with E-state index >= 15 is 0 Å². The van der Waals surface area contributed by atoms with Crippen LogP contribution in [0.25, 0.3) is 17.2 Å². The Bertz CT molecular complexity index is 1860. The van der Waals surface area contributed by atoms with Crippen LogP contribution in [0.3, 0.4) is 0 Å². The summed E-state index contributed by atoms with van der Waals surface area (Å²) in [6.07, 6.45) is 9.92. The fourth-order valence-electron chi connectivity index (χ4n) is 6.61. The molecule has 214 valence electrons. The van der Waals surface area contributed by atoms with Gasteiger partial charge in [-0.3, -0.25) is 9.97 Å². The second-order valence-corrected chi connectivity index (χ2v) is 16.1. The number of aromatic nitrogens is 2. The molecule has 44 heavy (non-hydrogen) atoms. The summed E-state index contributed by atoms with van der Waals surface area (Å²) in [6, 6.07) is 43.8. The fraction of sp³-hybridized carbons (Fsp3) is 0.100. The smallest absolute Gasteiger partial charge is 0.138 e. The Labute approximate surface area is 261 Å². The van der Waals surface area contributed by atoms with Gasteiger partial charge in [0.25, 0.3) is 0 Å². The van der Waals surface area contributed by atoms with Crippen LogP contribution in [0.5, 0.6) is 0 Å². The van der Waals surface area contributed by atoms with Crippen molar-refractivity contribution in [3.05, 3.63) is 169 Å². The van der Waals surface area contributed by atoms with E-state index in [2.05, 4.69) is 168 Å². The molecule has 0 spiro atoms. The quantitative estimate of drug-likeness (QED) is 0.176. The highest BCUT2D eigenvalue weighted by atomic mass is 28.3. The summed E-state index contributed by atoms with van der Waals surface area (Å²) in [5, 5.41) is 2.66. The molecule has 2 aromatic heterocycles. The van der Waals surface area contributed by atoms with Crippen molar-refractivity contribution in [1.82, 2.24) is 9.97 Å². The Morgan fingerprint density at radius 3 is 1.61 bits per heavy atom. The molecular formula is C40H35N3Si. The molecule has 0 fully saturated rings. The van der Waals surface area contributed by atoms with Gasteiger partial charge in [0.05, 0.1) is 0 Å². The zero-order chi connectivity index (χ0) is 30.1. The first kappa shape index (κ1) is 27.8. The summed E-state index contributed by atoms with van der Waals surface area (Å²) in [7, 11) is -2.16. The molecule has 0 aliphatic heterocycles. The van der Waals surface area contributed by atoms with Gasteiger partial charge in [-0.05, 0) is 98.9 Å². The maximum atomic E-state index is 4.28. The first-order chi connectivity index (χ1) is 21.4. The van der Waals surface area contributed by atoms with Crippen molar-refractivity contribution < 1.29 is 0 Å². The first-order valence-electron chi connectivity index (χ1n) is 15.1. The van der Waals surface area contributed by atoms with Crippen LogP contribution in [0.2, 0.25) is 6.55 Å². The molecule has 1 aliphatic rings. The summed E-state index contributed by atoms with van der Waals surface area (Å²) >= 11 is 0. The van der Waals surface area contributed by atoms with E-state index in [1.165, 1.54) is 43.9 Å². The summed E-state index contributed by atoms with van der Waals surface area (Å²) in [5.74, 6) is 0. The molecule has 3 nitrogen and oxygen atoms in total. The average molecular weight is 586 g/mol. The van der Waals surface area contributed by atoms with Gasteiger partial charge in [0, 0.05) is 47.3 Å². The van der Waals surface area contributed by atoms with Crippen LogP contribution in [0.1, 0.15) is 30.5 Å². The van der Waals surface area contributed by atoms with Crippen molar-refractivity contribution in [3.8, 4) is 11.1 Å². The summed E-state index contributed by atoms with van der Waals surface area (Å²) < 4.78 is 0.